The predicted octanol–water partition coefficient (Wildman–Crippen LogP) is 7.54. The summed E-state index contributed by atoms with van der Waals surface area (Å²) in [6.45, 7) is 1.91. The molecule has 0 aliphatic rings. The summed E-state index contributed by atoms with van der Waals surface area (Å²) in [6, 6.07) is 44.6. The lowest BCUT2D eigenvalue weighted by Crippen LogP contribution is -2.24. The highest BCUT2D eigenvalue weighted by atomic mass is 16.2. The molecule has 5 aromatic carbocycles. The zero-order valence-corrected chi connectivity index (χ0v) is 21.8. The van der Waals surface area contributed by atoms with E-state index in [1.54, 1.807) is 0 Å². The van der Waals surface area contributed by atoms with E-state index in [0.29, 0.717) is 11.4 Å². The Hall–Kier alpha value is -4.96. The molecule has 0 bridgehead atoms. The summed E-state index contributed by atoms with van der Waals surface area (Å²) >= 11 is 0. The van der Waals surface area contributed by atoms with Crippen LogP contribution in [0.25, 0.3) is 0 Å². The number of anilines is 2. The maximum absolute atomic E-state index is 13.7. The molecule has 0 radical (unpaired) electrons. The van der Waals surface area contributed by atoms with E-state index < -0.39 is 11.8 Å². The molecule has 0 unspecified atom stereocenters. The Kier molecular flexibility index (Phi) is 7.94. The summed E-state index contributed by atoms with van der Waals surface area (Å²) in [5.41, 5.74) is 5.76. The van der Waals surface area contributed by atoms with E-state index in [1.165, 1.54) is 0 Å². The van der Waals surface area contributed by atoms with Crippen molar-refractivity contribution in [2.24, 2.45) is 0 Å². The average Bonchev–Trinajstić information content (AvgIpc) is 2.98. The number of benzene rings is 5. The topological polar surface area (TPSA) is 58.2 Å². The lowest BCUT2D eigenvalue weighted by atomic mass is 9.90. The molecule has 2 N–H and O–H groups in total. The highest BCUT2D eigenvalue weighted by Gasteiger charge is 2.25. The van der Waals surface area contributed by atoms with Gasteiger partial charge in [-0.1, -0.05) is 127 Å². The molecule has 5 rings (SSSR count). The number of carbonyl (C=O) groups is 2. The highest BCUT2D eigenvalue weighted by Crippen LogP contribution is 2.31. The molecule has 39 heavy (non-hydrogen) atoms. The fourth-order valence-corrected chi connectivity index (χ4v) is 4.89. The molecular formula is C35H30N2O2. The predicted molar refractivity (Wildman–Crippen MR) is 158 cm³/mol. The van der Waals surface area contributed by atoms with Gasteiger partial charge in [-0.15, -0.1) is 0 Å². The van der Waals surface area contributed by atoms with Gasteiger partial charge in [0.2, 0.25) is 11.8 Å². The Balaban J connectivity index is 1.42. The molecule has 4 nitrogen and oxygen atoms in total. The van der Waals surface area contributed by atoms with Gasteiger partial charge >= 0.3 is 0 Å². The number of hydrogen-bond donors (Lipinski definition) is 2. The van der Waals surface area contributed by atoms with E-state index in [4.69, 9.17) is 0 Å². The summed E-state index contributed by atoms with van der Waals surface area (Å²) in [5.74, 6) is -1.20. The van der Waals surface area contributed by atoms with Crippen LogP contribution < -0.4 is 10.6 Å². The number of rotatable bonds is 8. The minimum atomic E-state index is -0.467. The first-order chi connectivity index (χ1) is 19.1. The second kappa shape index (κ2) is 12.1. The van der Waals surface area contributed by atoms with Gasteiger partial charge in [-0.3, -0.25) is 9.59 Å². The Labute approximate surface area is 229 Å². The first kappa shape index (κ1) is 25.7. The summed E-state index contributed by atoms with van der Waals surface area (Å²) in [7, 11) is 0. The summed E-state index contributed by atoms with van der Waals surface area (Å²) in [5, 5.41) is 6.25. The maximum Gasteiger partial charge on any atom is 0.236 e. The van der Waals surface area contributed by atoms with Crippen molar-refractivity contribution in [1.29, 1.82) is 0 Å². The van der Waals surface area contributed by atoms with E-state index in [1.807, 2.05) is 146 Å². The van der Waals surface area contributed by atoms with Crippen LogP contribution in [-0.2, 0) is 9.59 Å². The van der Waals surface area contributed by atoms with Crippen molar-refractivity contribution in [3.05, 3.63) is 167 Å². The summed E-state index contributed by atoms with van der Waals surface area (Å²) in [6.07, 6.45) is 0. The van der Waals surface area contributed by atoms with Crippen molar-refractivity contribution in [2.45, 2.75) is 18.8 Å². The van der Waals surface area contributed by atoms with E-state index >= 15 is 0 Å². The van der Waals surface area contributed by atoms with Crippen molar-refractivity contribution in [1.82, 2.24) is 0 Å². The largest absolute Gasteiger partial charge is 0.325 e. The molecule has 2 amide bonds. The Morgan fingerprint density at radius 1 is 0.436 bits per heavy atom. The van der Waals surface area contributed by atoms with Gasteiger partial charge in [0.1, 0.15) is 0 Å². The van der Waals surface area contributed by atoms with Crippen LogP contribution in [0, 0.1) is 6.92 Å². The summed E-state index contributed by atoms with van der Waals surface area (Å²) < 4.78 is 0. The van der Waals surface area contributed by atoms with Crippen molar-refractivity contribution >= 4 is 23.2 Å². The van der Waals surface area contributed by atoms with Gasteiger partial charge in [0.05, 0.1) is 11.8 Å². The lowest BCUT2D eigenvalue weighted by molar-refractivity contribution is -0.117. The third-order valence-corrected chi connectivity index (χ3v) is 6.91. The quantitative estimate of drug-likeness (QED) is 0.227. The number of amides is 2. The molecule has 0 saturated carbocycles. The molecule has 0 aliphatic carbocycles. The maximum atomic E-state index is 13.7. The normalized spacial score (nSPS) is 10.8. The third-order valence-electron chi connectivity index (χ3n) is 6.91. The number of carbonyl (C=O) groups excluding carboxylic acids is 2. The Morgan fingerprint density at radius 3 is 1.00 bits per heavy atom. The van der Waals surface area contributed by atoms with Crippen LogP contribution in [0.4, 0.5) is 11.4 Å². The molecule has 5 aromatic rings. The molecule has 0 aromatic heterocycles. The van der Waals surface area contributed by atoms with Crippen LogP contribution in [-0.4, -0.2) is 11.8 Å². The van der Waals surface area contributed by atoms with E-state index in [2.05, 4.69) is 10.6 Å². The van der Waals surface area contributed by atoms with Crippen molar-refractivity contribution in [3.8, 4) is 0 Å². The molecular weight excluding hydrogens is 480 g/mol. The second-order valence-electron chi connectivity index (χ2n) is 9.47. The van der Waals surface area contributed by atoms with E-state index in [0.717, 1.165) is 27.8 Å². The van der Waals surface area contributed by atoms with Crippen molar-refractivity contribution in [2.75, 3.05) is 10.6 Å². The molecule has 4 heteroatoms. The van der Waals surface area contributed by atoms with E-state index in [-0.39, 0.29) is 11.8 Å². The minimum Gasteiger partial charge on any atom is -0.325 e. The van der Waals surface area contributed by atoms with Crippen LogP contribution in [0.2, 0.25) is 0 Å². The van der Waals surface area contributed by atoms with Crippen molar-refractivity contribution < 1.29 is 9.59 Å². The van der Waals surface area contributed by atoms with Gasteiger partial charge in [-0.2, -0.15) is 0 Å². The molecule has 0 spiro atoms. The second-order valence-corrected chi connectivity index (χ2v) is 9.47. The molecule has 0 saturated heterocycles. The smallest absolute Gasteiger partial charge is 0.236 e. The van der Waals surface area contributed by atoms with Crippen LogP contribution in [0.15, 0.2) is 140 Å². The van der Waals surface area contributed by atoms with Crippen molar-refractivity contribution in [3.63, 3.8) is 0 Å². The molecule has 192 valence electrons. The zero-order chi connectivity index (χ0) is 27.0. The first-order valence-electron chi connectivity index (χ1n) is 13.0. The SMILES string of the molecule is Cc1c(NC(=O)C(c2ccccc2)c2ccccc2)cccc1NC(=O)C(c1ccccc1)c1ccccc1. The lowest BCUT2D eigenvalue weighted by Gasteiger charge is -2.21. The molecule has 0 fully saturated rings. The van der Waals surface area contributed by atoms with Gasteiger partial charge in [0.15, 0.2) is 0 Å². The fourth-order valence-electron chi connectivity index (χ4n) is 4.89. The van der Waals surface area contributed by atoms with Gasteiger partial charge in [-0.25, -0.2) is 0 Å². The van der Waals surface area contributed by atoms with Gasteiger partial charge in [0.25, 0.3) is 0 Å². The molecule has 0 atom stereocenters. The number of nitrogens with one attached hydrogen (secondary N) is 2. The highest BCUT2D eigenvalue weighted by molar-refractivity contribution is 6.02. The third kappa shape index (κ3) is 5.97. The van der Waals surface area contributed by atoms with Crippen LogP contribution >= 0.6 is 0 Å². The van der Waals surface area contributed by atoms with Gasteiger partial charge in [0, 0.05) is 11.4 Å². The first-order valence-corrected chi connectivity index (χ1v) is 13.0. The van der Waals surface area contributed by atoms with Crippen LogP contribution in [0.5, 0.6) is 0 Å². The average molecular weight is 511 g/mol. The Bertz CT molecular complexity index is 1340. The monoisotopic (exact) mass is 510 g/mol. The van der Waals surface area contributed by atoms with E-state index in [9.17, 15) is 9.59 Å². The number of hydrogen-bond acceptors (Lipinski definition) is 2. The van der Waals surface area contributed by atoms with Crippen LogP contribution in [0.1, 0.15) is 39.7 Å². The minimum absolute atomic E-state index is 0.134. The Morgan fingerprint density at radius 2 is 0.718 bits per heavy atom. The van der Waals surface area contributed by atoms with Gasteiger partial charge in [-0.05, 0) is 46.9 Å². The zero-order valence-electron chi connectivity index (χ0n) is 21.8. The summed E-state index contributed by atoms with van der Waals surface area (Å²) in [4.78, 5) is 27.4. The molecule has 0 aliphatic heterocycles. The van der Waals surface area contributed by atoms with Gasteiger partial charge < -0.3 is 10.6 Å². The van der Waals surface area contributed by atoms with Crippen LogP contribution in [0.3, 0.4) is 0 Å². The standard InChI is InChI=1S/C35H30N2O2/c1-25-30(36-34(38)32(26-15-6-2-7-16-26)27-17-8-3-9-18-27)23-14-24-31(25)37-35(39)33(28-19-10-4-11-20-28)29-21-12-5-13-22-29/h2-24,32-33H,1H3,(H,36,38)(H,37,39). The fraction of sp³-hybridized carbons (Fsp3) is 0.0857. The molecule has 0 heterocycles.